The number of hydrogen-bond acceptors (Lipinski definition) is 1. The zero-order valence-electron chi connectivity index (χ0n) is 16.3. The van der Waals surface area contributed by atoms with Crippen molar-refractivity contribution in [3.05, 3.63) is 115 Å². The van der Waals surface area contributed by atoms with Crippen LogP contribution in [0.15, 0.2) is 109 Å². The van der Waals surface area contributed by atoms with Gasteiger partial charge < -0.3 is 0 Å². The van der Waals surface area contributed by atoms with Crippen molar-refractivity contribution in [3.8, 4) is 33.4 Å². The number of pyridine rings is 1. The fourth-order valence-corrected chi connectivity index (χ4v) is 4.04. The Hall–Kier alpha value is -3.71. The van der Waals surface area contributed by atoms with Crippen LogP contribution < -0.4 is 0 Å². The molecular formula is C28H21N. The number of hydrogen-bond donors (Lipinski definition) is 0. The predicted molar refractivity (Wildman–Crippen MR) is 123 cm³/mol. The van der Waals surface area contributed by atoms with E-state index in [0.717, 1.165) is 0 Å². The molecule has 0 aliphatic heterocycles. The van der Waals surface area contributed by atoms with Gasteiger partial charge in [0.1, 0.15) is 0 Å². The summed E-state index contributed by atoms with van der Waals surface area (Å²) in [5.41, 5.74) is 8.66. The Kier molecular flexibility index (Phi) is 4.42. The molecule has 0 spiro atoms. The van der Waals surface area contributed by atoms with Gasteiger partial charge in [-0.15, -0.1) is 0 Å². The van der Waals surface area contributed by atoms with Crippen molar-refractivity contribution < 1.29 is 0 Å². The van der Waals surface area contributed by atoms with Crippen LogP contribution in [0.5, 0.6) is 0 Å². The third kappa shape index (κ3) is 3.21. The maximum atomic E-state index is 4.21. The summed E-state index contributed by atoms with van der Waals surface area (Å²) in [7, 11) is 0. The van der Waals surface area contributed by atoms with Crippen LogP contribution in [0.3, 0.4) is 0 Å². The van der Waals surface area contributed by atoms with E-state index < -0.39 is 0 Å². The fraction of sp³-hybridized carbons (Fsp3) is 0.0357. The summed E-state index contributed by atoms with van der Waals surface area (Å²) in [5.74, 6) is 0. The Bertz CT molecular complexity index is 1280. The molecule has 0 aliphatic rings. The van der Waals surface area contributed by atoms with Crippen LogP contribution in [0, 0.1) is 6.92 Å². The molecule has 0 saturated heterocycles. The van der Waals surface area contributed by atoms with E-state index in [1.54, 1.807) is 0 Å². The third-order valence-electron chi connectivity index (χ3n) is 5.48. The van der Waals surface area contributed by atoms with Gasteiger partial charge >= 0.3 is 0 Å². The molecule has 5 rings (SSSR count). The molecule has 0 fully saturated rings. The molecule has 0 aliphatic carbocycles. The van der Waals surface area contributed by atoms with Crippen LogP contribution >= 0.6 is 0 Å². The Balaban J connectivity index is 1.85. The van der Waals surface area contributed by atoms with Crippen LogP contribution in [0.2, 0.25) is 0 Å². The second-order valence-corrected chi connectivity index (χ2v) is 7.36. The SMILES string of the molecule is Cc1ccc(-c2c(-c3ccncc3)cccc2-c2cccc3ccccc23)cc1. The van der Waals surface area contributed by atoms with Crippen LogP contribution in [-0.2, 0) is 0 Å². The molecule has 0 atom stereocenters. The normalized spacial score (nSPS) is 10.9. The molecular weight excluding hydrogens is 350 g/mol. The molecule has 1 nitrogen and oxygen atoms in total. The molecule has 138 valence electrons. The molecule has 5 aromatic rings. The Labute approximate surface area is 171 Å². The highest BCUT2D eigenvalue weighted by atomic mass is 14.6. The van der Waals surface area contributed by atoms with E-state index in [1.165, 1.54) is 49.7 Å². The minimum Gasteiger partial charge on any atom is -0.265 e. The zero-order chi connectivity index (χ0) is 19.6. The highest BCUT2D eigenvalue weighted by Crippen LogP contribution is 2.41. The first-order chi connectivity index (χ1) is 14.3. The van der Waals surface area contributed by atoms with Crippen LogP contribution in [-0.4, -0.2) is 4.98 Å². The van der Waals surface area contributed by atoms with Crippen LogP contribution in [0.4, 0.5) is 0 Å². The summed E-state index contributed by atoms with van der Waals surface area (Å²) in [6.45, 7) is 2.13. The van der Waals surface area contributed by atoms with Gasteiger partial charge in [0.2, 0.25) is 0 Å². The quantitative estimate of drug-likeness (QED) is 0.319. The van der Waals surface area contributed by atoms with Gasteiger partial charge in [0.15, 0.2) is 0 Å². The van der Waals surface area contributed by atoms with E-state index in [2.05, 4.69) is 109 Å². The lowest BCUT2D eigenvalue weighted by Crippen LogP contribution is -1.92. The maximum Gasteiger partial charge on any atom is 0.0273 e. The standard InChI is InChI=1S/C28H21N/c1-20-12-14-23(15-13-20)28-25(22-16-18-29-19-17-22)9-5-11-27(28)26-10-4-7-21-6-2-3-8-24(21)26/h2-19H,1H3. The van der Waals surface area contributed by atoms with E-state index >= 15 is 0 Å². The average molecular weight is 371 g/mol. The van der Waals surface area contributed by atoms with Crippen molar-refractivity contribution in [2.24, 2.45) is 0 Å². The number of nitrogens with zero attached hydrogens (tertiary/aromatic N) is 1. The summed E-state index contributed by atoms with van der Waals surface area (Å²) in [6.07, 6.45) is 3.72. The van der Waals surface area contributed by atoms with Gasteiger partial charge in [-0.05, 0) is 63.2 Å². The highest BCUT2D eigenvalue weighted by molar-refractivity contribution is 6.03. The number of aryl methyl sites for hydroxylation is 1. The molecule has 0 saturated carbocycles. The van der Waals surface area contributed by atoms with Crippen molar-refractivity contribution in [3.63, 3.8) is 0 Å². The summed E-state index contributed by atoms with van der Waals surface area (Å²) >= 11 is 0. The molecule has 1 aromatic heterocycles. The van der Waals surface area contributed by atoms with Crippen molar-refractivity contribution in [1.82, 2.24) is 4.98 Å². The molecule has 0 amide bonds. The minimum absolute atomic E-state index is 1.18. The van der Waals surface area contributed by atoms with Gasteiger partial charge in [0, 0.05) is 12.4 Å². The van der Waals surface area contributed by atoms with Gasteiger partial charge in [-0.3, -0.25) is 4.98 Å². The van der Waals surface area contributed by atoms with Gasteiger partial charge in [-0.25, -0.2) is 0 Å². The lowest BCUT2D eigenvalue weighted by molar-refractivity contribution is 1.33. The summed E-state index contributed by atoms with van der Waals surface area (Å²) in [6, 6.07) is 34.7. The van der Waals surface area contributed by atoms with E-state index in [9.17, 15) is 0 Å². The molecule has 0 bridgehead atoms. The zero-order valence-corrected chi connectivity index (χ0v) is 16.3. The molecule has 4 aromatic carbocycles. The first-order valence-corrected chi connectivity index (χ1v) is 9.90. The predicted octanol–water partition coefficient (Wildman–Crippen LogP) is 7.54. The molecule has 1 heterocycles. The summed E-state index contributed by atoms with van der Waals surface area (Å²) < 4.78 is 0. The van der Waals surface area contributed by atoms with Gasteiger partial charge in [0.25, 0.3) is 0 Å². The van der Waals surface area contributed by atoms with E-state index in [1.807, 2.05) is 12.4 Å². The molecule has 0 radical (unpaired) electrons. The van der Waals surface area contributed by atoms with E-state index in [-0.39, 0.29) is 0 Å². The second-order valence-electron chi connectivity index (χ2n) is 7.36. The first kappa shape index (κ1) is 17.4. The third-order valence-corrected chi connectivity index (χ3v) is 5.48. The van der Waals surface area contributed by atoms with E-state index in [0.29, 0.717) is 0 Å². The maximum absolute atomic E-state index is 4.21. The number of benzene rings is 4. The lowest BCUT2D eigenvalue weighted by Gasteiger charge is -2.17. The topological polar surface area (TPSA) is 12.9 Å². The van der Waals surface area contributed by atoms with Crippen molar-refractivity contribution in [1.29, 1.82) is 0 Å². The average Bonchev–Trinajstić information content (AvgIpc) is 2.79. The summed E-state index contributed by atoms with van der Waals surface area (Å²) in [4.78, 5) is 4.21. The Morgan fingerprint density at radius 3 is 2.00 bits per heavy atom. The van der Waals surface area contributed by atoms with Crippen molar-refractivity contribution in [2.75, 3.05) is 0 Å². The van der Waals surface area contributed by atoms with Gasteiger partial charge in [-0.1, -0.05) is 90.5 Å². The van der Waals surface area contributed by atoms with Crippen LogP contribution in [0.25, 0.3) is 44.2 Å². The number of rotatable bonds is 3. The van der Waals surface area contributed by atoms with Crippen molar-refractivity contribution in [2.45, 2.75) is 6.92 Å². The molecule has 0 unspecified atom stereocenters. The Morgan fingerprint density at radius 1 is 0.517 bits per heavy atom. The molecule has 0 N–H and O–H groups in total. The van der Waals surface area contributed by atoms with Crippen LogP contribution in [0.1, 0.15) is 5.56 Å². The Morgan fingerprint density at radius 2 is 1.17 bits per heavy atom. The molecule has 29 heavy (non-hydrogen) atoms. The number of aromatic nitrogens is 1. The largest absolute Gasteiger partial charge is 0.265 e. The fourth-order valence-electron chi connectivity index (χ4n) is 4.04. The molecule has 1 heteroatoms. The highest BCUT2D eigenvalue weighted by Gasteiger charge is 2.15. The number of fused-ring (bicyclic) bond motifs is 1. The first-order valence-electron chi connectivity index (χ1n) is 9.90. The van der Waals surface area contributed by atoms with Gasteiger partial charge in [-0.2, -0.15) is 0 Å². The van der Waals surface area contributed by atoms with Gasteiger partial charge in [0.05, 0.1) is 0 Å². The monoisotopic (exact) mass is 371 g/mol. The summed E-state index contributed by atoms with van der Waals surface area (Å²) in [5, 5.41) is 2.53. The minimum atomic E-state index is 1.18. The lowest BCUT2D eigenvalue weighted by atomic mass is 9.86. The van der Waals surface area contributed by atoms with Crippen molar-refractivity contribution >= 4 is 10.8 Å². The second kappa shape index (κ2) is 7.37. The van der Waals surface area contributed by atoms with E-state index in [4.69, 9.17) is 0 Å². The smallest absolute Gasteiger partial charge is 0.0273 e.